The zero-order chi connectivity index (χ0) is 12.5. The van der Waals surface area contributed by atoms with Crippen LogP contribution in [0.25, 0.3) is 0 Å². The van der Waals surface area contributed by atoms with Crippen LogP contribution in [0, 0.1) is 11.8 Å². The van der Waals surface area contributed by atoms with Crippen molar-refractivity contribution in [1.29, 1.82) is 0 Å². The van der Waals surface area contributed by atoms with E-state index in [4.69, 9.17) is 4.74 Å². The molecule has 4 atom stereocenters. The van der Waals surface area contributed by atoms with Crippen molar-refractivity contribution in [2.24, 2.45) is 11.8 Å². The molecule has 2 heteroatoms. The number of fused-ring (bicyclic) bond motifs is 1. The zero-order valence-electron chi connectivity index (χ0n) is 11.0. The molecule has 18 heavy (non-hydrogen) atoms. The maximum atomic E-state index is 10.5. The molecule has 0 spiro atoms. The highest BCUT2D eigenvalue weighted by Crippen LogP contribution is 2.44. The third-order valence-electron chi connectivity index (χ3n) is 4.84. The summed E-state index contributed by atoms with van der Waals surface area (Å²) in [5, 5.41) is 10.5. The lowest BCUT2D eigenvalue weighted by Crippen LogP contribution is -2.29. The summed E-state index contributed by atoms with van der Waals surface area (Å²) in [6.45, 7) is 0. The summed E-state index contributed by atoms with van der Waals surface area (Å²) >= 11 is 0. The topological polar surface area (TPSA) is 29.5 Å². The van der Waals surface area contributed by atoms with Crippen molar-refractivity contribution in [3.8, 4) is 0 Å². The minimum absolute atomic E-state index is 0.262. The maximum absolute atomic E-state index is 10.5. The molecule has 0 bridgehead atoms. The molecule has 3 rings (SSSR count). The quantitative estimate of drug-likeness (QED) is 0.869. The average Bonchev–Trinajstić information content (AvgIpc) is 2.77. The second-order valence-corrected chi connectivity index (χ2v) is 5.80. The SMILES string of the molecule is COC1CCCC(C2Cc3ccccc3C2O)C1. The number of methoxy groups -OCH3 is 1. The molecular formula is C16H22O2. The maximum Gasteiger partial charge on any atom is 0.0826 e. The molecule has 1 aromatic carbocycles. The van der Waals surface area contributed by atoms with Crippen LogP contribution in [0.15, 0.2) is 24.3 Å². The van der Waals surface area contributed by atoms with Crippen LogP contribution in [0.2, 0.25) is 0 Å². The molecule has 2 aliphatic carbocycles. The third-order valence-corrected chi connectivity index (χ3v) is 4.84. The molecule has 98 valence electrons. The van der Waals surface area contributed by atoms with Crippen LogP contribution in [0.4, 0.5) is 0 Å². The first-order chi connectivity index (χ1) is 8.79. The fourth-order valence-electron chi connectivity index (χ4n) is 3.81. The molecule has 4 unspecified atom stereocenters. The van der Waals surface area contributed by atoms with E-state index in [0.29, 0.717) is 17.9 Å². The predicted molar refractivity (Wildman–Crippen MR) is 71.4 cm³/mol. The van der Waals surface area contributed by atoms with Gasteiger partial charge in [-0.2, -0.15) is 0 Å². The van der Waals surface area contributed by atoms with Crippen molar-refractivity contribution in [3.63, 3.8) is 0 Å². The first-order valence-electron chi connectivity index (χ1n) is 7.08. The molecule has 1 fully saturated rings. The van der Waals surface area contributed by atoms with E-state index in [1.54, 1.807) is 0 Å². The first kappa shape index (κ1) is 12.2. The van der Waals surface area contributed by atoms with Gasteiger partial charge in [0.1, 0.15) is 0 Å². The Bertz CT molecular complexity index is 415. The smallest absolute Gasteiger partial charge is 0.0826 e. The first-order valence-corrected chi connectivity index (χ1v) is 7.08. The van der Waals surface area contributed by atoms with E-state index >= 15 is 0 Å². The van der Waals surface area contributed by atoms with Crippen molar-refractivity contribution < 1.29 is 9.84 Å². The van der Waals surface area contributed by atoms with Crippen LogP contribution >= 0.6 is 0 Å². The van der Waals surface area contributed by atoms with Gasteiger partial charge in [-0.25, -0.2) is 0 Å². The lowest BCUT2D eigenvalue weighted by atomic mass is 9.76. The van der Waals surface area contributed by atoms with E-state index < -0.39 is 0 Å². The number of aliphatic hydroxyl groups is 1. The van der Waals surface area contributed by atoms with Gasteiger partial charge in [-0.05, 0) is 48.6 Å². The van der Waals surface area contributed by atoms with Gasteiger partial charge in [0.05, 0.1) is 12.2 Å². The van der Waals surface area contributed by atoms with Gasteiger partial charge in [-0.15, -0.1) is 0 Å². The van der Waals surface area contributed by atoms with Crippen molar-refractivity contribution in [3.05, 3.63) is 35.4 Å². The Morgan fingerprint density at radius 1 is 1.22 bits per heavy atom. The van der Waals surface area contributed by atoms with Crippen LogP contribution in [0.3, 0.4) is 0 Å². The fraction of sp³-hybridized carbons (Fsp3) is 0.625. The monoisotopic (exact) mass is 246 g/mol. The number of aliphatic hydroxyl groups excluding tert-OH is 1. The van der Waals surface area contributed by atoms with Gasteiger partial charge in [0.25, 0.3) is 0 Å². The Morgan fingerprint density at radius 2 is 2.06 bits per heavy atom. The van der Waals surface area contributed by atoms with E-state index in [1.165, 1.54) is 24.8 Å². The molecule has 1 N–H and O–H groups in total. The van der Waals surface area contributed by atoms with Gasteiger partial charge in [0.2, 0.25) is 0 Å². The molecule has 2 aliphatic rings. The molecule has 1 aromatic rings. The Kier molecular flexibility index (Phi) is 3.40. The fourth-order valence-corrected chi connectivity index (χ4v) is 3.81. The Morgan fingerprint density at radius 3 is 2.83 bits per heavy atom. The summed E-state index contributed by atoms with van der Waals surface area (Å²) in [5.41, 5.74) is 2.50. The molecule has 0 heterocycles. The highest BCUT2D eigenvalue weighted by Gasteiger charge is 2.38. The van der Waals surface area contributed by atoms with Crippen molar-refractivity contribution in [2.75, 3.05) is 7.11 Å². The van der Waals surface area contributed by atoms with Crippen LogP contribution in [0.1, 0.15) is 42.9 Å². The molecule has 0 aliphatic heterocycles. The van der Waals surface area contributed by atoms with Crippen LogP contribution in [-0.4, -0.2) is 18.3 Å². The molecule has 2 nitrogen and oxygen atoms in total. The van der Waals surface area contributed by atoms with Gasteiger partial charge in [0.15, 0.2) is 0 Å². The molecule has 1 saturated carbocycles. The van der Waals surface area contributed by atoms with Crippen molar-refractivity contribution >= 4 is 0 Å². The predicted octanol–water partition coefficient (Wildman–Crippen LogP) is 3.10. The number of ether oxygens (including phenoxy) is 1. The number of hydrogen-bond donors (Lipinski definition) is 1. The van der Waals surface area contributed by atoms with E-state index in [-0.39, 0.29) is 6.10 Å². The van der Waals surface area contributed by atoms with E-state index in [9.17, 15) is 5.11 Å². The average molecular weight is 246 g/mol. The van der Waals surface area contributed by atoms with Crippen LogP contribution in [0.5, 0.6) is 0 Å². The Labute approximate surface area is 109 Å². The third kappa shape index (κ3) is 2.08. The van der Waals surface area contributed by atoms with E-state index in [0.717, 1.165) is 18.4 Å². The van der Waals surface area contributed by atoms with Crippen LogP contribution < -0.4 is 0 Å². The second kappa shape index (κ2) is 5.02. The van der Waals surface area contributed by atoms with E-state index in [2.05, 4.69) is 18.2 Å². The Balaban J connectivity index is 1.75. The highest BCUT2D eigenvalue weighted by atomic mass is 16.5. The van der Waals surface area contributed by atoms with E-state index in [1.807, 2.05) is 13.2 Å². The summed E-state index contributed by atoms with van der Waals surface area (Å²) in [5.74, 6) is 1.02. The standard InChI is InChI=1S/C16H22O2/c1-18-13-7-4-6-11(9-13)15-10-12-5-2-3-8-14(12)16(15)17/h2-3,5,8,11,13,15-17H,4,6-7,9-10H2,1H3. The number of rotatable bonds is 2. The van der Waals surface area contributed by atoms with Gasteiger partial charge < -0.3 is 9.84 Å². The second-order valence-electron chi connectivity index (χ2n) is 5.80. The lowest BCUT2D eigenvalue weighted by molar-refractivity contribution is 0.00912. The van der Waals surface area contributed by atoms with Gasteiger partial charge in [-0.3, -0.25) is 0 Å². The van der Waals surface area contributed by atoms with Crippen molar-refractivity contribution in [2.45, 2.75) is 44.3 Å². The Hall–Kier alpha value is -0.860. The molecule has 0 aromatic heterocycles. The summed E-state index contributed by atoms with van der Waals surface area (Å²) in [6.07, 6.45) is 5.97. The molecular weight excluding hydrogens is 224 g/mol. The van der Waals surface area contributed by atoms with Crippen LogP contribution in [-0.2, 0) is 11.2 Å². The molecule has 0 radical (unpaired) electrons. The van der Waals surface area contributed by atoms with Crippen molar-refractivity contribution in [1.82, 2.24) is 0 Å². The summed E-state index contributed by atoms with van der Waals surface area (Å²) in [4.78, 5) is 0. The van der Waals surface area contributed by atoms with Gasteiger partial charge in [0, 0.05) is 7.11 Å². The number of hydrogen-bond acceptors (Lipinski definition) is 2. The molecule has 0 saturated heterocycles. The van der Waals surface area contributed by atoms with Gasteiger partial charge >= 0.3 is 0 Å². The summed E-state index contributed by atoms with van der Waals surface area (Å²) in [6, 6.07) is 8.35. The number of benzene rings is 1. The summed E-state index contributed by atoms with van der Waals surface area (Å²) < 4.78 is 5.51. The zero-order valence-corrected chi connectivity index (χ0v) is 11.0. The summed E-state index contributed by atoms with van der Waals surface area (Å²) in [7, 11) is 1.81. The largest absolute Gasteiger partial charge is 0.388 e. The minimum Gasteiger partial charge on any atom is -0.388 e. The van der Waals surface area contributed by atoms with Gasteiger partial charge in [-0.1, -0.05) is 30.7 Å². The lowest BCUT2D eigenvalue weighted by Gasteiger charge is -2.33. The molecule has 0 amide bonds. The normalized spacial score (nSPS) is 35.4. The highest BCUT2D eigenvalue weighted by molar-refractivity contribution is 5.34. The minimum atomic E-state index is -0.262.